The first-order valence-corrected chi connectivity index (χ1v) is 7.49. The van der Waals surface area contributed by atoms with Gasteiger partial charge in [0.05, 0.1) is 13.0 Å². The molecule has 1 unspecified atom stereocenters. The molecule has 1 aromatic carbocycles. The molecule has 1 aromatic rings. The fourth-order valence-corrected chi connectivity index (χ4v) is 2.46. The standard InChI is InChI=1S/C16H20N2O6/c1-17-14(19)9-24-12-4-3-10(7-13(12)23-2)15(20)18-6-5-11(8-18)16(21)22/h3-4,7,11H,5-6,8-9H2,1-2H3,(H,17,19)(H,21,22). The second-order valence-corrected chi connectivity index (χ2v) is 5.40. The second-order valence-electron chi connectivity index (χ2n) is 5.40. The van der Waals surface area contributed by atoms with Crippen molar-refractivity contribution in [2.75, 3.05) is 33.9 Å². The molecule has 0 bridgehead atoms. The Morgan fingerprint density at radius 1 is 1.33 bits per heavy atom. The largest absolute Gasteiger partial charge is 0.493 e. The van der Waals surface area contributed by atoms with E-state index in [0.29, 0.717) is 30.0 Å². The average Bonchev–Trinajstić information content (AvgIpc) is 3.09. The number of likely N-dealkylation sites (N-methyl/N-ethyl adjacent to an activating group) is 1. The highest BCUT2D eigenvalue weighted by Crippen LogP contribution is 2.29. The van der Waals surface area contributed by atoms with Crippen LogP contribution in [-0.4, -0.2) is 61.6 Å². The zero-order valence-corrected chi connectivity index (χ0v) is 13.6. The zero-order valence-electron chi connectivity index (χ0n) is 13.6. The maximum Gasteiger partial charge on any atom is 0.308 e. The first-order valence-electron chi connectivity index (χ1n) is 7.49. The van der Waals surface area contributed by atoms with Gasteiger partial charge in [-0.1, -0.05) is 0 Å². The normalized spacial score (nSPS) is 16.6. The van der Waals surface area contributed by atoms with Crippen LogP contribution >= 0.6 is 0 Å². The SMILES string of the molecule is CNC(=O)COc1ccc(C(=O)N2CCC(C(=O)O)C2)cc1OC. The Morgan fingerprint density at radius 2 is 2.08 bits per heavy atom. The highest BCUT2D eigenvalue weighted by atomic mass is 16.5. The first kappa shape index (κ1) is 17.6. The molecule has 0 saturated carbocycles. The highest BCUT2D eigenvalue weighted by molar-refractivity contribution is 5.95. The molecule has 1 aliphatic rings. The van der Waals surface area contributed by atoms with E-state index in [0.717, 1.165) is 0 Å². The van der Waals surface area contributed by atoms with Crippen molar-refractivity contribution < 1.29 is 29.0 Å². The third-order valence-corrected chi connectivity index (χ3v) is 3.87. The van der Waals surface area contributed by atoms with Gasteiger partial charge >= 0.3 is 5.97 Å². The van der Waals surface area contributed by atoms with Crippen LogP contribution < -0.4 is 14.8 Å². The number of ether oxygens (including phenoxy) is 2. The van der Waals surface area contributed by atoms with Crippen molar-refractivity contribution in [3.05, 3.63) is 23.8 Å². The minimum Gasteiger partial charge on any atom is -0.493 e. The summed E-state index contributed by atoms with van der Waals surface area (Å²) < 4.78 is 10.6. The molecule has 1 aliphatic heterocycles. The molecule has 1 atom stereocenters. The number of nitrogens with one attached hydrogen (secondary N) is 1. The molecule has 1 heterocycles. The first-order chi connectivity index (χ1) is 11.5. The van der Waals surface area contributed by atoms with Gasteiger partial charge in [0.2, 0.25) is 0 Å². The summed E-state index contributed by atoms with van der Waals surface area (Å²) in [5.74, 6) is -1.27. The number of methoxy groups -OCH3 is 1. The van der Waals surface area contributed by atoms with Crippen molar-refractivity contribution in [2.24, 2.45) is 5.92 Å². The number of nitrogens with zero attached hydrogens (tertiary/aromatic N) is 1. The summed E-state index contributed by atoms with van der Waals surface area (Å²) in [5, 5.41) is 11.5. The van der Waals surface area contributed by atoms with E-state index in [4.69, 9.17) is 14.6 Å². The maximum absolute atomic E-state index is 12.5. The molecule has 2 rings (SSSR count). The summed E-state index contributed by atoms with van der Waals surface area (Å²) in [5.41, 5.74) is 0.380. The van der Waals surface area contributed by atoms with Gasteiger partial charge in [-0.3, -0.25) is 14.4 Å². The Hall–Kier alpha value is -2.77. The predicted molar refractivity (Wildman–Crippen MR) is 84.2 cm³/mol. The highest BCUT2D eigenvalue weighted by Gasteiger charge is 2.31. The molecule has 0 aliphatic carbocycles. The van der Waals surface area contributed by atoms with Gasteiger partial charge < -0.3 is 24.8 Å². The van der Waals surface area contributed by atoms with Crippen molar-refractivity contribution in [2.45, 2.75) is 6.42 Å². The summed E-state index contributed by atoms with van der Waals surface area (Å²) in [6.45, 7) is 0.449. The summed E-state index contributed by atoms with van der Waals surface area (Å²) >= 11 is 0. The van der Waals surface area contributed by atoms with Crippen LogP contribution in [0.15, 0.2) is 18.2 Å². The Labute approximate surface area is 139 Å². The minimum absolute atomic E-state index is 0.160. The van der Waals surface area contributed by atoms with E-state index < -0.39 is 11.9 Å². The van der Waals surface area contributed by atoms with Crippen molar-refractivity contribution in [3.8, 4) is 11.5 Å². The minimum atomic E-state index is -0.888. The van der Waals surface area contributed by atoms with Crippen molar-refractivity contribution >= 4 is 17.8 Å². The van der Waals surface area contributed by atoms with Gasteiger partial charge in [0.25, 0.3) is 11.8 Å². The Morgan fingerprint density at radius 3 is 2.67 bits per heavy atom. The number of hydrogen-bond acceptors (Lipinski definition) is 5. The lowest BCUT2D eigenvalue weighted by atomic mass is 10.1. The third-order valence-electron chi connectivity index (χ3n) is 3.87. The number of carboxylic acid groups (broad SMARTS) is 1. The van der Waals surface area contributed by atoms with E-state index in [2.05, 4.69) is 5.32 Å². The third kappa shape index (κ3) is 3.95. The molecule has 2 amide bonds. The topological polar surface area (TPSA) is 105 Å². The summed E-state index contributed by atoms with van der Waals surface area (Å²) in [7, 11) is 2.94. The Balaban J connectivity index is 2.10. The molecule has 130 valence electrons. The molecule has 8 heteroatoms. The van der Waals surface area contributed by atoms with Crippen molar-refractivity contribution in [1.82, 2.24) is 10.2 Å². The fraction of sp³-hybridized carbons (Fsp3) is 0.438. The molecular weight excluding hydrogens is 316 g/mol. The molecular formula is C16H20N2O6. The van der Waals surface area contributed by atoms with Crippen molar-refractivity contribution in [1.29, 1.82) is 0 Å². The van der Waals surface area contributed by atoms with Crippen LogP contribution in [0.25, 0.3) is 0 Å². The second kappa shape index (κ2) is 7.67. The number of aliphatic carboxylic acids is 1. The van der Waals surface area contributed by atoms with Gasteiger partial charge in [0, 0.05) is 25.7 Å². The molecule has 1 saturated heterocycles. The van der Waals surface area contributed by atoms with Gasteiger partial charge in [-0.05, 0) is 24.6 Å². The zero-order chi connectivity index (χ0) is 17.7. The smallest absolute Gasteiger partial charge is 0.308 e. The lowest BCUT2D eigenvalue weighted by Crippen LogP contribution is -2.30. The molecule has 8 nitrogen and oxygen atoms in total. The maximum atomic E-state index is 12.5. The molecule has 0 aromatic heterocycles. The number of amides is 2. The number of carbonyl (C=O) groups is 3. The summed E-state index contributed by atoms with van der Waals surface area (Å²) in [6.07, 6.45) is 0.450. The van der Waals surface area contributed by atoms with E-state index in [9.17, 15) is 14.4 Å². The van der Waals surface area contributed by atoms with E-state index in [1.807, 2.05) is 0 Å². The van der Waals surface area contributed by atoms with Crippen LogP contribution in [-0.2, 0) is 9.59 Å². The predicted octanol–water partition coefficient (Wildman–Crippen LogP) is 0.367. The van der Waals surface area contributed by atoms with Gasteiger partial charge in [0.15, 0.2) is 18.1 Å². The van der Waals surface area contributed by atoms with E-state index in [-0.39, 0.29) is 25.0 Å². The van der Waals surface area contributed by atoms with Gasteiger partial charge in [-0.2, -0.15) is 0 Å². The fourth-order valence-electron chi connectivity index (χ4n) is 2.46. The number of hydrogen-bond donors (Lipinski definition) is 2. The lowest BCUT2D eigenvalue weighted by Gasteiger charge is -2.17. The van der Waals surface area contributed by atoms with Crippen LogP contribution in [0.1, 0.15) is 16.8 Å². The lowest BCUT2D eigenvalue weighted by molar-refractivity contribution is -0.141. The van der Waals surface area contributed by atoms with Gasteiger partial charge in [-0.25, -0.2) is 0 Å². The number of benzene rings is 1. The van der Waals surface area contributed by atoms with E-state index >= 15 is 0 Å². The van der Waals surface area contributed by atoms with Crippen molar-refractivity contribution in [3.63, 3.8) is 0 Å². The van der Waals surface area contributed by atoms with E-state index in [1.165, 1.54) is 25.1 Å². The Bertz CT molecular complexity index is 645. The van der Waals surface area contributed by atoms with Gasteiger partial charge in [-0.15, -0.1) is 0 Å². The molecule has 24 heavy (non-hydrogen) atoms. The van der Waals surface area contributed by atoms with Crippen LogP contribution in [0.5, 0.6) is 11.5 Å². The number of rotatable bonds is 6. The number of carboxylic acids is 1. The van der Waals surface area contributed by atoms with E-state index in [1.54, 1.807) is 12.1 Å². The summed E-state index contributed by atoms with van der Waals surface area (Å²) in [6, 6.07) is 4.65. The van der Waals surface area contributed by atoms with Crippen LogP contribution in [0.4, 0.5) is 0 Å². The molecule has 2 N–H and O–H groups in total. The number of carbonyl (C=O) groups excluding carboxylic acids is 2. The van der Waals surface area contributed by atoms with Gasteiger partial charge in [0.1, 0.15) is 0 Å². The molecule has 0 spiro atoms. The monoisotopic (exact) mass is 336 g/mol. The summed E-state index contributed by atoms with van der Waals surface area (Å²) in [4.78, 5) is 36.2. The average molecular weight is 336 g/mol. The molecule has 0 radical (unpaired) electrons. The van der Waals surface area contributed by atoms with Crippen LogP contribution in [0.2, 0.25) is 0 Å². The quantitative estimate of drug-likeness (QED) is 0.777. The number of likely N-dealkylation sites (tertiary alicyclic amines) is 1. The van der Waals surface area contributed by atoms with Crippen LogP contribution in [0, 0.1) is 5.92 Å². The van der Waals surface area contributed by atoms with Crippen LogP contribution in [0.3, 0.4) is 0 Å². The molecule has 1 fully saturated rings. The Kier molecular flexibility index (Phi) is 5.62.